The molecule has 1 amide bonds. The summed E-state index contributed by atoms with van der Waals surface area (Å²) in [6.07, 6.45) is 1.56. The van der Waals surface area contributed by atoms with Crippen molar-refractivity contribution in [1.82, 2.24) is 14.9 Å². The summed E-state index contributed by atoms with van der Waals surface area (Å²) in [5.74, 6) is 0.844. The Hall–Kier alpha value is -2.03. The average Bonchev–Trinajstić information content (AvgIpc) is 3.31. The predicted octanol–water partition coefficient (Wildman–Crippen LogP) is 3.71. The highest BCUT2D eigenvalue weighted by atomic mass is 32.1. The van der Waals surface area contributed by atoms with Crippen molar-refractivity contribution in [2.45, 2.75) is 19.9 Å². The molecule has 1 atom stereocenters. The zero-order valence-corrected chi connectivity index (χ0v) is 16.3. The average molecular weight is 389 g/mol. The van der Waals surface area contributed by atoms with Crippen LogP contribution in [-0.2, 0) is 4.74 Å². The minimum atomic E-state index is 0.0612. The number of anilines is 1. The SMILES string of the molecule is Cc1c(C(=O)N2CCOCC2)sc2ncnc(NC(C)c3cccs3)c12. The van der Waals surface area contributed by atoms with Crippen LogP contribution in [-0.4, -0.2) is 47.1 Å². The van der Waals surface area contributed by atoms with E-state index in [2.05, 4.69) is 33.7 Å². The van der Waals surface area contributed by atoms with Crippen molar-refractivity contribution in [3.8, 4) is 0 Å². The van der Waals surface area contributed by atoms with E-state index in [4.69, 9.17) is 4.74 Å². The zero-order valence-electron chi connectivity index (χ0n) is 14.7. The van der Waals surface area contributed by atoms with E-state index in [9.17, 15) is 4.79 Å². The van der Waals surface area contributed by atoms with Crippen LogP contribution in [0.2, 0.25) is 0 Å². The van der Waals surface area contributed by atoms with E-state index >= 15 is 0 Å². The van der Waals surface area contributed by atoms with Gasteiger partial charge < -0.3 is 15.0 Å². The molecule has 6 nitrogen and oxygen atoms in total. The number of nitrogens with zero attached hydrogens (tertiary/aromatic N) is 3. The summed E-state index contributed by atoms with van der Waals surface area (Å²) < 4.78 is 5.35. The highest BCUT2D eigenvalue weighted by molar-refractivity contribution is 7.20. The lowest BCUT2D eigenvalue weighted by atomic mass is 10.1. The number of ether oxygens (including phenoxy) is 1. The number of fused-ring (bicyclic) bond motifs is 1. The fourth-order valence-corrected chi connectivity index (χ4v) is 4.96. The van der Waals surface area contributed by atoms with Crippen LogP contribution in [0.25, 0.3) is 10.2 Å². The molecule has 136 valence electrons. The van der Waals surface area contributed by atoms with Gasteiger partial charge in [0.2, 0.25) is 0 Å². The number of rotatable bonds is 4. The number of thiophene rings is 2. The zero-order chi connectivity index (χ0) is 18.1. The molecule has 1 unspecified atom stereocenters. The van der Waals surface area contributed by atoms with E-state index in [-0.39, 0.29) is 11.9 Å². The molecule has 0 saturated carbocycles. The highest BCUT2D eigenvalue weighted by Gasteiger charge is 2.25. The lowest BCUT2D eigenvalue weighted by Crippen LogP contribution is -2.40. The summed E-state index contributed by atoms with van der Waals surface area (Å²) in [6, 6.07) is 4.29. The van der Waals surface area contributed by atoms with Crippen LogP contribution in [0.5, 0.6) is 0 Å². The predicted molar refractivity (Wildman–Crippen MR) is 105 cm³/mol. The van der Waals surface area contributed by atoms with E-state index in [1.807, 2.05) is 17.9 Å². The maximum Gasteiger partial charge on any atom is 0.264 e. The van der Waals surface area contributed by atoms with Gasteiger partial charge in [-0.15, -0.1) is 22.7 Å². The molecular formula is C18H20N4O2S2. The topological polar surface area (TPSA) is 67.4 Å². The number of hydrogen-bond acceptors (Lipinski definition) is 7. The third-order valence-corrected chi connectivity index (χ3v) is 6.79. The number of amides is 1. The van der Waals surface area contributed by atoms with Crippen molar-refractivity contribution in [3.63, 3.8) is 0 Å². The fraction of sp³-hybridized carbons (Fsp3) is 0.389. The maximum absolute atomic E-state index is 12.9. The maximum atomic E-state index is 12.9. The Balaban J connectivity index is 1.67. The Morgan fingerprint density at radius 1 is 1.35 bits per heavy atom. The van der Waals surface area contributed by atoms with Gasteiger partial charge in [-0.05, 0) is 30.9 Å². The summed E-state index contributed by atoms with van der Waals surface area (Å²) in [4.78, 5) is 26.5. The molecule has 26 heavy (non-hydrogen) atoms. The Morgan fingerprint density at radius 2 is 2.15 bits per heavy atom. The van der Waals surface area contributed by atoms with Crippen LogP contribution in [0.1, 0.15) is 33.1 Å². The molecule has 1 aliphatic heterocycles. The van der Waals surface area contributed by atoms with Crippen molar-refractivity contribution in [1.29, 1.82) is 0 Å². The van der Waals surface area contributed by atoms with Gasteiger partial charge in [0.1, 0.15) is 17.0 Å². The van der Waals surface area contributed by atoms with Crippen molar-refractivity contribution in [2.75, 3.05) is 31.6 Å². The smallest absolute Gasteiger partial charge is 0.264 e. The summed E-state index contributed by atoms with van der Waals surface area (Å²) in [5.41, 5.74) is 0.947. The van der Waals surface area contributed by atoms with Gasteiger partial charge >= 0.3 is 0 Å². The van der Waals surface area contributed by atoms with E-state index in [0.717, 1.165) is 26.5 Å². The van der Waals surface area contributed by atoms with Gasteiger partial charge in [-0.25, -0.2) is 9.97 Å². The van der Waals surface area contributed by atoms with E-state index in [0.29, 0.717) is 26.3 Å². The van der Waals surface area contributed by atoms with Gasteiger partial charge in [-0.3, -0.25) is 4.79 Å². The quantitative estimate of drug-likeness (QED) is 0.738. The van der Waals surface area contributed by atoms with Gasteiger partial charge in [0.15, 0.2) is 0 Å². The molecule has 0 aliphatic carbocycles. The van der Waals surface area contributed by atoms with Crippen LogP contribution in [0.15, 0.2) is 23.8 Å². The molecule has 3 aromatic heterocycles. The van der Waals surface area contributed by atoms with Crippen LogP contribution >= 0.6 is 22.7 Å². The van der Waals surface area contributed by atoms with Gasteiger partial charge in [-0.2, -0.15) is 0 Å². The summed E-state index contributed by atoms with van der Waals surface area (Å²) in [6.45, 7) is 6.57. The van der Waals surface area contributed by atoms with E-state index < -0.39 is 0 Å². The van der Waals surface area contributed by atoms with Crippen LogP contribution < -0.4 is 5.32 Å². The molecule has 0 spiro atoms. The number of carbonyl (C=O) groups is 1. The van der Waals surface area contributed by atoms with Crippen LogP contribution in [0, 0.1) is 6.92 Å². The molecule has 4 heterocycles. The van der Waals surface area contributed by atoms with E-state index in [1.54, 1.807) is 17.7 Å². The molecule has 0 aromatic carbocycles. The summed E-state index contributed by atoms with van der Waals surface area (Å²) in [5, 5.41) is 6.49. The number of hydrogen-bond donors (Lipinski definition) is 1. The summed E-state index contributed by atoms with van der Waals surface area (Å²) >= 11 is 3.16. The number of carbonyl (C=O) groups excluding carboxylic acids is 1. The fourth-order valence-electron chi connectivity index (χ4n) is 3.11. The molecule has 8 heteroatoms. The molecule has 1 saturated heterocycles. The lowest BCUT2D eigenvalue weighted by Gasteiger charge is -2.26. The van der Waals surface area contributed by atoms with Crippen molar-refractivity contribution < 1.29 is 9.53 Å². The van der Waals surface area contributed by atoms with Crippen LogP contribution in [0.3, 0.4) is 0 Å². The minimum Gasteiger partial charge on any atom is -0.378 e. The Morgan fingerprint density at radius 3 is 2.88 bits per heavy atom. The molecule has 0 bridgehead atoms. The molecule has 4 rings (SSSR count). The summed E-state index contributed by atoms with van der Waals surface area (Å²) in [7, 11) is 0. The van der Waals surface area contributed by atoms with Gasteiger partial charge in [0, 0.05) is 18.0 Å². The first-order valence-corrected chi connectivity index (χ1v) is 10.3. The molecule has 1 fully saturated rings. The number of aryl methyl sites for hydroxylation is 1. The third kappa shape index (κ3) is 3.20. The molecule has 0 radical (unpaired) electrons. The number of nitrogens with one attached hydrogen (secondary N) is 1. The van der Waals surface area contributed by atoms with Crippen LogP contribution in [0.4, 0.5) is 5.82 Å². The van der Waals surface area contributed by atoms with Crippen molar-refractivity contribution in [2.24, 2.45) is 0 Å². The first-order chi connectivity index (χ1) is 12.6. The van der Waals surface area contributed by atoms with Crippen molar-refractivity contribution >= 4 is 44.6 Å². The second-order valence-corrected chi connectivity index (χ2v) is 8.22. The molecule has 1 N–H and O–H groups in total. The Bertz CT molecular complexity index is 917. The van der Waals surface area contributed by atoms with Crippen molar-refractivity contribution in [3.05, 3.63) is 39.2 Å². The number of aromatic nitrogens is 2. The van der Waals surface area contributed by atoms with Gasteiger partial charge in [-0.1, -0.05) is 6.07 Å². The Labute approximate surface area is 159 Å². The Kier molecular flexibility index (Phi) is 4.88. The first-order valence-electron chi connectivity index (χ1n) is 8.56. The monoisotopic (exact) mass is 388 g/mol. The largest absolute Gasteiger partial charge is 0.378 e. The highest BCUT2D eigenvalue weighted by Crippen LogP contribution is 2.35. The van der Waals surface area contributed by atoms with Gasteiger partial charge in [0.05, 0.1) is 29.5 Å². The normalized spacial score (nSPS) is 16.0. The molecule has 3 aromatic rings. The minimum absolute atomic E-state index is 0.0612. The third-order valence-electron chi connectivity index (χ3n) is 4.54. The first kappa shape index (κ1) is 17.4. The standard InChI is InChI=1S/C18H20N4O2S2/c1-11-14-16(21-12(2)13-4-3-9-25-13)19-10-20-17(14)26-15(11)18(23)22-5-7-24-8-6-22/h3-4,9-10,12H,5-8H2,1-2H3,(H,19,20,21). The van der Waals surface area contributed by atoms with E-state index in [1.165, 1.54) is 16.2 Å². The second kappa shape index (κ2) is 7.30. The second-order valence-electron chi connectivity index (χ2n) is 6.24. The lowest BCUT2D eigenvalue weighted by molar-refractivity contribution is 0.0306. The molecular weight excluding hydrogens is 368 g/mol. The number of morpholine rings is 1. The molecule has 1 aliphatic rings. The van der Waals surface area contributed by atoms with Gasteiger partial charge in [0.25, 0.3) is 5.91 Å².